The molecule has 0 radical (unpaired) electrons. The first-order valence-corrected chi connectivity index (χ1v) is 8.71. The fraction of sp³-hybridized carbons (Fsp3) is 0.474. The molecule has 3 rings (SSSR count). The SMILES string of the molecule is CN=C(NCc1coc(-c2ccccc2)n1)NC1CCCC(C)C1.I. The molecule has 0 amide bonds. The molecule has 2 atom stereocenters. The van der Waals surface area contributed by atoms with E-state index in [1.165, 1.54) is 25.7 Å². The highest BCUT2D eigenvalue weighted by molar-refractivity contribution is 14.0. The lowest BCUT2D eigenvalue weighted by atomic mass is 9.87. The molecule has 1 aliphatic carbocycles. The highest BCUT2D eigenvalue weighted by atomic mass is 127. The summed E-state index contributed by atoms with van der Waals surface area (Å²) in [6.45, 7) is 2.92. The Kier molecular flexibility index (Phi) is 7.74. The van der Waals surface area contributed by atoms with Gasteiger partial charge < -0.3 is 15.1 Å². The fourth-order valence-corrected chi connectivity index (χ4v) is 3.23. The van der Waals surface area contributed by atoms with Crippen molar-refractivity contribution in [2.75, 3.05) is 7.05 Å². The average molecular weight is 454 g/mol. The van der Waals surface area contributed by atoms with Crippen molar-refractivity contribution in [3.63, 3.8) is 0 Å². The second-order valence-corrected chi connectivity index (χ2v) is 6.55. The molecule has 2 unspecified atom stereocenters. The molecule has 2 aromatic rings. The molecular weight excluding hydrogens is 427 g/mol. The number of rotatable bonds is 4. The third kappa shape index (κ3) is 5.73. The molecule has 6 heteroatoms. The van der Waals surface area contributed by atoms with Crippen LogP contribution in [0.15, 0.2) is 46.0 Å². The Balaban J connectivity index is 0.00000225. The zero-order chi connectivity index (χ0) is 16.8. The van der Waals surface area contributed by atoms with E-state index in [4.69, 9.17) is 4.42 Å². The van der Waals surface area contributed by atoms with Crippen LogP contribution in [0.1, 0.15) is 38.3 Å². The molecule has 0 saturated heterocycles. The smallest absolute Gasteiger partial charge is 0.226 e. The Bertz CT molecular complexity index is 671. The largest absolute Gasteiger partial charge is 0.444 e. The molecule has 0 aliphatic heterocycles. The van der Waals surface area contributed by atoms with Gasteiger partial charge in [-0.15, -0.1) is 24.0 Å². The van der Waals surface area contributed by atoms with Crippen molar-refractivity contribution in [3.05, 3.63) is 42.3 Å². The summed E-state index contributed by atoms with van der Waals surface area (Å²) >= 11 is 0. The van der Waals surface area contributed by atoms with Crippen LogP contribution in [-0.4, -0.2) is 24.0 Å². The van der Waals surface area contributed by atoms with E-state index < -0.39 is 0 Å². The van der Waals surface area contributed by atoms with Crippen molar-refractivity contribution >= 4 is 29.9 Å². The number of aliphatic imine (C=N–C) groups is 1. The Hall–Kier alpha value is -1.57. The van der Waals surface area contributed by atoms with Gasteiger partial charge in [-0.3, -0.25) is 4.99 Å². The summed E-state index contributed by atoms with van der Waals surface area (Å²) in [6, 6.07) is 10.4. The van der Waals surface area contributed by atoms with E-state index in [0.717, 1.165) is 23.1 Å². The number of nitrogens with zero attached hydrogens (tertiary/aromatic N) is 2. The lowest BCUT2D eigenvalue weighted by Gasteiger charge is -2.28. The van der Waals surface area contributed by atoms with Crippen molar-refractivity contribution in [1.29, 1.82) is 0 Å². The van der Waals surface area contributed by atoms with Crippen molar-refractivity contribution in [3.8, 4) is 11.5 Å². The molecule has 1 heterocycles. The Morgan fingerprint density at radius 2 is 2.08 bits per heavy atom. The first-order valence-electron chi connectivity index (χ1n) is 8.71. The van der Waals surface area contributed by atoms with Crippen LogP contribution < -0.4 is 10.6 Å². The van der Waals surface area contributed by atoms with Gasteiger partial charge in [0.05, 0.1) is 12.2 Å². The molecule has 1 aromatic heterocycles. The molecular formula is C19H27IN4O. The van der Waals surface area contributed by atoms with Gasteiger partial charge in [0.1, 0.15) is 6.26 Å². The van der Waals surface area contributed by atoms with Crippen LogP contribution in [0.4, 0.5) is 0 Å². The predicted octanol–water partition coefficient (Wildman–Crippen LogP) is 4.20. The van der Waals surface area contributed by atoms with E-state index >= 15 is 0 Å². The van der Waals surface area contributed by atoms with Crippen molar-refractivity contribution in [2.24, 2.45) is 10.9 Å². The zero-order valence-corrected chi connectivity index (χ0v) is 17.2. The van der Waals surface area contributed by atoms with Gasteiger partial charge in [-0.05, 0) is 30.9 Å². The minimum Gasteiger partial charge on any atom is -0.444 e. The van der Waals surface area contributed by atoms with Gasteiger partial charge in [0.15, 0.2) is 5.96 Å². The minimum atomic E-state index is 0. The maximum atomic E-state index is 5.57. The lowest BCUT2D eigenvalue weighted by Crippen LogP contribution is -2.44. The third-order valence-electron chi connectivity index (χ3n) is 4.51. The molecule has 25 heavy (non-hydrogen) atoms. The zero-order valence-electron chi connectivity index (χ0n) is 14.9. The van der Waals surface area contributed by atoms with Gasteiger partial charge in [0, 0.05) is 18.7 Å². The van der Waals surface area contributed by atoms with Gasteiger partial charge >= 0.3 is 0 Å². The molecule has 0 spiro atoms. The van der Waals surface area contributed by atoms with E-state index in [9.17, 15) is 0 Å². The fourth-order valence-electron chi connectivity index (χ4n) is 3.23. The topological polar surface area (TPSA) is 62.5 Å². The van der Waals surface area contributed by atoms with Crippen LogP contribution in [0.25, 0.3) is 11.5 Å². The number of oxazole rings is 1. The standard InChI is InChI=1S/C19H26N4O.HI/c1-14-7-6-10-16(11-14)23-19(20-2)21-12-17-13-24-18(22-17)15-8-4-3-5-9-15;/h3-5,8-9,13-14,16H,6-7,10-12H2,1-2H3,(H2,20,21,23);1H. The van der Waals surface area contributed by atoms with E-state index in [0.29, 0.717) is 18.5 Å². The maximum Gasteiger partial charge on any atom is 0.226 e. The number of guanidine groups is 1. The van der Waals surface area contributed by atoms with Crippen LogP contribution in [0.2, 0.25) is 0 Å². The van der Waals surface area contributed by atoms with E-state index in [-0.39, 0.29) is 24.0 Å². The molecule has 1 aromatic carbocycles. The predicted molar refractivity (Wildman–Crippen MR) is 112 cm³/mol. The Morgan fingerprint density at radius 3 is 2.80 bits per heavy atom. The first-order chi connectivity index (χ1) is 11.7. The molecule has 1 aliphatic rings. The number of hydrogen-bond acceptors (Lipinski definition) is 3. The number of hydrogen-bond donors (Lipinski definition) is 2. The molecule has 2 N–H and O–H groups in total. The van der Waals surface area contributed by atoms with Crippen LogP contribution in [0, 0.1) is 5.92 Å². The molecule has 1 saturated carbocycles. The van der Waals surface area contributed by atoms with Crippen molar-refractivity contribution < 1.29 is 4.42 Å². The summed E-state index contributed by atoms with van der Waals surface area (Å²) in [7, 11) is 1.81. The van der Waals surface area contributed by atoms with E-state index in [1.807, 2.05) is 30.3 Å². The number of benzene rings is 1. The maximum absolute atomic E-state index is 5.57. The van der Waals surface area contributed by atoms with Crippen LogP contribution in [0.5, 0.6) is 0 Å². The van der Waals surface area contributed by atoms with Crippen molar-refractivity contribution in [1.82, 2.24) is 15.6 Å². The second kappa shape index (κ2) is 9.79. The van der Waals surface area contributed by atoms with Gasteiger partial charge in [-0.25, -0.2) is 4.98 Å². The van der Waals surface area contributed by atoms with E-state index in [1.54, 1.807) is 13.3 Å². The minimum absolute atomic E-state index is 0. The second-order valence-electron chi connectivity index (χ2n) is 6.55. The van der Waals surface area contributed by atoms with Crippen LogP contribution >= 0.6 is 24.0 Å². The number of aromatic nitrogens is 1. The molecule has 5 nitrogen and oxygen atoms in total. The summed E-state index contributed by atoms with van der Waals surface area (Å²) in [6.07, 6.45) is 6.76. The first kappa shape index (κ1) is 19.8. The summed E-state index contributed by atoms with van der Waals surface area (Å²) < 4.78 is 5.57. The molecule has 0 bridgehead atoms. The van der Waals surface area contributed by atoms with Crippen LogP contribution in [0.3, 0.4) is 0 Å². The summed E-state index contributed by atoms with van der Waals surface area (Å²) in [5.41, 5.74) is 1.86. The van der Waals surface area contributed by atoms with Gasteiger partial charge in [-0.1, -0.05) is 38.0 Å². The quantitative estimate of drug-likeness (QED) is 0.413. The summed E-state index contributed by atoms with van der Waals surface area (Å²) in [5.74, 6) is 2.27. The average Bonchev–Trinajstić information content (AvgIpc) is 3.08. The van der Waals surface area contributed by atoms with Gasteiger partial charge in [-0.2, -0.15) is 0 Å². The van der Waals surface area contributed by atoms with Crippen LogP contribution in [-0.2, 0) is 6.54 Å². The van der Waals surface area contributed by atoms with Gasteiger partial charge in [0.2, 0.25) is 5.89 Å². The van der Waals surface area contributed by atoms with Gasteiger partial charge in [0.25, 0.3) is 0 Å². The third-order valence-corrected chi connectivity index (χ3v) is 4.51. The highest BCUT2D eigenvalue weighted by Gasteiger charge is 2.19. The number of halogens is 1. The van der Waals surface area contributed by atoms with Crippen molar-refractivity contribution in [2.45, 2.75) is 45.2 Å². The molecule has 1 fully saturated rings. The normalized spacial score (nSPS) is 20.6. The summed E-state index contributed by atoms with van der Waals surface area (Å²) in [5, 5.41) is 6.85. The monoisotopic (exact) mass is 454 g/mol. The lowest BCUT2D eigenvalue weighted by molar-refractivity contribution is 0.324. The Morgan fingerprint density at radius 1 is 1.28 bits per heavy atom. The molecule has 136 valence electrons. The Labute approximate surface area is 166 Å². The highest BCUT2D eigenvalue weighted by Crippen LogP contribution is 2.23. The summed E-state index contributed by atoms with van der Waals surface area (Å²) in [4.78, 5) is 8.86. The van der Waals surface area contributed by atoms with E-state index in [2.05, 4.69) is 27.5 Å². The number of nitrogens with one attached hydrogen (secondary N) is 2.